The number of thiophene rings is 1. The van der Waals surface area contributed by atoms with Gasteiger partial charge in [0.15, 0.2) is 0 Å². The second-order valence-electron chi connectivity index (χ2n) is 6.80. The van der Waals surface area contributed by atoms with Gasteiger partial charge in [0.05, 0.1) is 11.4 Å². The van der Waals surface area contributed by atoms with Gasteiger partial charge < -0.3 is 9.80 Å². The van der Waals surface area contributed by atoms with E-state index in [1.165, 1.54) is 0 Å². The number of hydrogen-bond acceptors (Lipinski definition) is 4. The van der Waals surface area contributed by atoms with Crippen molar-refractivity contribution in [2.45, 2.75) is 12.8 Å². The van der Waals surface area contributed by atoms with Gasteiger partial charge in [-0.1, -0.05) is 18.2 Å². The van der Waals surface area contributed by atoms with Crippen molar-refractivity contribution in [2.75, 3.05) is 45.8 Å². The van der Waals surface area contributed by atoms with Gasteiger partial charge >= 0.3 is 0 Å². The van der Waals surface area contributed by atoms with E-state index >= 15 is 0 Å². The molecular formula is C19H23N3O2S. The summed E-state index contributed by atoms with van der Waals surface area (Å²) in [4.78, 5) is 31.9. The smallest absolute Gasteiger partial charge is 0.264 e. The number of piperazine rings is 1. The van der Waals surface area contributed by atoms with E-state index in [1.54, 1.807) is 11.3 Å². The third-order valence-corrected chi connectivity index (χ3v) is 6.22. The third kappa shape index (κ3) is 3.55. The van der Waals surface area contributed by atoms with Crippen LogP contribution in [-0.4, -0.2) is 72.3 Å². The first kappa shape index (κ1) is 16.5. The molecule has 3 heterocycles. The molecule has 0 aliphatic carbocycles. The fourth-order valence-electron chi connectivity index (χ4n) is 3.61. The standard InChI is InChI=1S/C19H23N3O2S/c23-18(21-7-3-4-8-21)14-20-9-11-22(12-10-20)19(24)17-13-15-5-1-2-6-16(15)25-17/h1-2,5-6,13H,3-4,7-12,14H2. The molecule has 2 aliphatic heterocycles. The molecule has 1 aromatic heterocycles. The van der Waals surface area contributed by atoms with Gasteiger partial charge in [0, 0.05) is 44.0 Å². The number of likely N-dealkylation sites (tertiary alicyclic amines) is 1. The first-order valence-corrected chi connectivity index (χ1v) is 9.80. The Morgan fingerprint density at radius 2 is 1.64 bits per heavy atom. The van der Waals surface area contributed by atoms with E-state index in [0.717, 1.165) is 54.0 Å². The second-order valence-corrected chi connectivity index (χ2v) is 7.89. The summed E-state index contributed by atoms with van der Waals surface area (Å²) in [7, 11) is 0. The van der Waals surface area contributed by atoms with Crippen molar-refractivity contribution in [3.8, 4) is 0 Å². The lowest BCUT2D eigenvalue weighted by molar-refractivity contribution is -0.131. The molecule has 0 N–H and O–H groups in total. The zero-order chi connectivity index (χ0) is 17.2. The molecule has 0 radical (unpaired) electrons. The van der Waals surface area contributed by atoms with Gasteiger partial charge in [-0.15, -0.1) is 11.3 Å². The monoisotopic (exact) mass is 357 g/mol. The van der Waals surface area contributed by atoms with Crippen molar-refractivity contribution in [3.05, 3.63) is 35.2 Å². The molecule has 0 spiro atoms. The molecule has 2 saturated heterocycles. The minimum absolute atomic E-state index is 0.117. The van der Waals surface area contributed by atoms with Crippen molar-refractivity contribution < 1.29 is 9.59 Å². The number of hydrogen-bond donors (Lipinski definition) is 0. The van der Waals surface area contributed by atoms with Gasteiger partial charge in [-0.3, -0.25) is 14.5 Å². The largest absolute Gasteiger partial charge is 0.342 e. The van der Waals surface area contributed by atoms with Crippen molar-refractivity contribution in [2.24, 2.45) is 0 Å². The minimum atomic E-state index is 0.117. The fraction of sp³-hybridized carbons (Fsp3) is 0.474. The van der Waals surface area contributed by atoms with E-state index < -0.39 is 0 Å². The molecule has 2 fully saturated rings. The third-order valence-electron chi connectivity index (χ3n) is 5.11. The van der Waals surface area contributed by atoms with Crippen LogP contribution in [0.2, 0.25) is 0 Å². The van der Waals surface area contributed by atoms with Crippen LogP contribution in [0.4, 0.5) is 0 Å². The number of fused-ring (bicyclic) bond motifs is 1. The molecule has 25 heavy (non-hydrogen) atoms. The number of carbonyl (C=O) groups excluding carboxylic acids is 2. The van der Waals surface area contributed by atoms with Crippen LogP contribution < -0.4 is 0 Å². The van der Waals surface area contributed by atoms with Gasteiger partial charge in [-0.25, -0.2) is 0 Å². The average Bonchev–Trinajstić information content (AvgIpc) is 3.31. The quantitative estimate of drug-likeness (QED) is 0.847. The molecule has 0 bridgehead atoms. The summed E-state index contributed by atoms with van der Waals surface area (Å²) < 4.78 is 1.15. The summed E-state index contributed by atoms with van der Waals surface area (Å²) >= 11 is 1.56. The normalized spacial score (nSPS) is 18.9. The summed E-state index contributed by atoms with van der Waals surface area (Å²) in [5, 5.41) is 1.13. The van der Waals surface area contributed by atoms with Gasteiger partial charge in [0.1, 0.15) is 0 Å². The second kappa shape index (κ2) is 7.14. The molecule has 1 aromatic carbocycles. The summed E-state index contributed by atoms with van der Waals surface area (Å²) in [6, 6.07) is 10.1. The van der Waals surface area contributed by atoms with E-state index in [0.29, 0.717) is 19.6 Å². The first-order chi connectivity index (χ1) is 12.2. The Morgan fingerprint density at radius 1 is 0.920 bits per heavy atom. The number of amides is 2. The summed E-state index contributed by atoms with van der Waals surface area (Å²) in [6.45, 7) is 5.24. The van der Waals surface area contributed by atoms with Crippen molar-refractivity contribution >= 4 is 33.2 Å². The molecule has 0 unspecified atom stereocenters. The van der Waals surface area contributed by atoms with E-state index in [2.05, 4.69) is 11.0 Å². The number of rotatable bonds is 3. The Kier molecular flexibility index (Phi) is 4.72. The van der Waals surface area contributed by atoms with Gasteiger partial charge in [-0.05, 0) is 30.4 Å². The van der Waals surface area contributed by atoms with Crippen LogP contribution in [0, 0.1) is 0 Å². The van der Waals surface area contributed by atoms with Crippen LogP contribution in [-0.2, 0) is 4.79 Å². The molecule has 0 saturated carbocycles. The summed E-state index contributed by atoms with van der Waals surface area (Å²) in [6.07, 6.45) is 2.26. The Morgan fingerprint density at radius 3 is 2.36 bits per heavy atom. The van der Waals surface area contributed by atoms with E-state index in [9.17, 15) is 9.59 Å². The molecule has 5 nitrogen and oxygen atoms in total. The van der Waals surface area contributed by atoms with Crippen molar-refractivity contribution in [3.63, 3.8) is 0 Å². The van der Waals surface area contributed by atoms with Crippen LogP contribution in [0.15, 0.2) is 30.3 Å². The molecule has 132 valence electrons. The lowest BCUT2D eigenvalue weighted by atomic mass is 10.2. The topological polar surface area (TPSA) is 43.9 Å². The average molecular weight is 357 g/mol. The molecular weight excluding hydrogens is 334 g/mol. The highest BCUT2D eigenvalue weighted by molar-refractivity contribution is 7.20. The van der Waals surface area contributed by atoms with Gasteiger partial charge in [0.25, 0.3) is 5.91 Å². The zero-order valence-electron chi connectivity index (χ0n) is 14.3. The minimum Gasteiger partial charge on any atom is -0.342 e. The van der Waals surface area contributed by atoms with Crippen LogP contribution in [0.1, 0.15) is 22.5 Å². The maximum absolute atomic E-state index is 12.8. The lowest BCUT2D eigenvalue weighted by Gasteiger charge is -2.34. The van der Waals surface area contributed by atoms with Crippen LogP contribution >= 0.6 is 11.3 Å². The Bertz CT molecular complexity index is 741. The van der Waals surface area contributed by atoms with Crippen LogP contribution in [0.25, 0.3) is 10.1 Å². The van der Waals surface area contributed by atoms with Gasteiger partial charge in [-0.2, -0.15) is 0 Å². The summed E-state index contributed by atoms with van der Waals surface area (Å²) in [5.74, 6) is 0.355. The van der Waals surface area contributed by atoms with Gasteiger partial charge in [0.2, 0.25) is 5.91 Å². The SMILES string of the molecule is O=C(CN1CCN(C(=O)c2cc3ccccc3s2)CC1)N1CCCC1. The highest BCUT2D eigenvalue weighted by atomic mass is 32.1. The van der Waals surface area contributed by atoms with E-state index in [4.69, 9.17) is 0 Å². The molecule has 0 atom stereocenters. The Balaban J connectivity index is 1.33. The predicted octanol–water partition coefficient (Wildman–Crippen LogP) is 2.28. The maximum atomic E-state index is 12.8. The first-order valence-electron chi connectivity index (χ1n) is 8.99. The van der Waals surface area contributed by atoms with Crippen LogP contribution in [0.3, 0.4) is 0 Å². The maximum Gasteiger partial charge on any atom is 0.264 e. The zero-order valence-corrected chi connectivity index (χ0v) is 15.1. The van der Waals surface area contributed by atoms with E-state index in [1.807, 2.05) is 34.1 Å². The number of nitrogens with zero attached hydrogens (tertiary/aromatic N) is 3. The molecule has 2 aromatic rings. The van der Waals surface area contributed by atoms with Crippen molar-refractivity contribution in [1.29, 1.82) is 0 Å². The van der Waals surface area contributed by atoms with E-state index in [-0.39, 0.29) is 11.8 Å². The predicted molar refractivity (Wildman–Crippen MR) is 100.0 cm³/mol. The highest BCUT2D eigenvalue weighted by Gasteiger charge is 2.26. The van der Waals surface area contributed by atoms with Crippen LogP contribution in [0.5, 0.6) is 0 Å². The molecule has 6 heteroatoms. The Hall–Kier alpha value is -1.92. The molecule has 2 aliphatic rings. The molecule has 2 amide bonds. The summed E-state index contributed by atoms with van der Waals surface area (Å²) in [5.41, 5.74) is 0. The Labute approximate surface area is 151 Å². The molecule has 4 rings (SSSR count). The lowest BCUT2D eigenvalue weighted by Crippen LogP contribution is -2.51. The number of benzene rings is 1. The number of carbonyl (C=O) groups is 2. The highest BCUT2D eigenvalue weighted by Crippen LogP contribution is 2.26. The van der Waals surface area contributed by atoms with Crippen molar-refractivity contribution in [1.82, 2.24) is 14.7 Å². The fourth-order valence-corrected chi connectivity index (χ4v) is 4.64.